The van der Waals surface area contributed by atoms with Gasteiger partial charge in [-0.15, -0.1) is 0 Å². The number of benzene rings is 3. The summed E-state index contributed by atoms with van der Waals surface area (Å²) in [4.78, 5) is 38.5. The quantitative estimate of drug-likeness (QED) is 0.349. The van der Waals surface area contributed by atoms with E-state index in [9.17, 15) is 19.5 Å². The Morgan fingerprint density at radius 3 is 2.55 bits per heavy atom. The van der Waals surface area contributed by atoms with Crippen LogP contribution in [0.25, 0.3) is 6.08 Å². The fourth-order valence-corrected chi connectivity index (χ4v) is 4.69. The van der Waals surface area contributed by atoms with Gasteiger partial charge in [-0.2, -0.15) is 0 Å². The molecule has 164 valence electrons. The van der Waals surface area contributed by atoms with Crippen molar-refractivity contribution >= 4 is 75.1 Å². The maximum Gasteiger partial charge on any atom is 0.335 e. The lowest BCUT2D eigenvalue weighted by molar-refractivity contribution is -0.113. The van der Waals surface area contributed by atoms with Crippen LogP contribution in [-0.4, -0.2) is 27.2 Å². The van der Waals surface area contributed by atoms with Gasteiger partial charge >= 0.3 is 5.97 Å². The van der Waals surface area contributed by atoms with Crippen molar-refractivity contribution in [2.45, 2.75) is 0 Å². The summed E-state index contributed by atoms with van der Waals surface area (Å²) in [5, 5.41) is 12.4. The molecule has 1 aliphatic heterocycles. The van der Waals surface area contributed by atoms with E-state index >= 15 is 0 Å². The number of carboxylic acids is 1. The molecule has 0 aliphatic carbocycles. The van der Waals surface area contributed by atoms with Gasteiger partial charge in [-0.05, 0) is 54.1 Å². The molecule has 1 heterocycles. The van der Waals surface area contributed by atoms with E-state index in [0.29, 0.717) is 36.7 Å². The number of hydrogen-bond acceptors (Lipinski definition) is 5. The molecule has 0 radical (unpaired) electrons. The Balaban J connectivity index is 1.56. The number of thiocarbonyl (C=S) groups is 1. The number of hydrogen-bond donors (Lipinski definition) is 2. The minimum Gasteiger partial charge on any atom is -0.478 e. The lowest BCUT2D eigenvalue weighted by Gasteiger charge is -2.14. The average Bonchev–Trinajstić information content (AvgIpc) is 3.07. The lowest BCUT2D eigenvalue weighted by atomic mass is 10.1. The summed E-state index contributed by atoms with van der Waals surface area (Å²) in [5.74, 6) is -1.78. The molecule has 3 aromatic rings. The number of rotatable bonds is 5. The summed E-state index contributed by atoms with van der Waals surface area (Å²) in [6.07, 6.45) is 1.67. The van der Waals surface area contributed by atoms with Crippen molar-refractivity contribution in [1.29, 1.82) is 0 Å². The van der Waals surface area contributed by atoms with Gasteiger partial charge in [0.25, 0.3) is 11.8 Å². The van der Waals surface area contributed by atoms with Gasteiger partial charge in [-0.1, -0.05) is 65.9 Å². The van der Waals surface area contributed by atoms with Crippen LogP contribution in [-0.2, 0) is 4.79 Å². The third kappa shape index (κ3) is 4.98. The summed E-state index contributed by atoms with van der Waals surface area (Å²) in [6, 6.07) is 19.8. The molecule has 1 saturated heterocycles. The first kappa shape index (κ1) is 22.7. The molecule has 6 nitrogen and oxygen atoms in total. The maximum atomic E-state index is 13.0. The first-order valence-corrected chi connectivity index (χ1v) is 11.2. The van der Waals surface area contributed by atoms with Crippen LogP contribution in [0.1, 0.15) is 26.3 Å². The van der Waals surface area contributed by atoms with E-state index in [1.807, 2.05) is 0 Å². The van der Waals surface area contributed by atoms with Crippen LogP contribution in [0.2, 0.25) is 5.02 Å². The highest BCUT2D eigenvalue weighted by molar-refractivity contribution is 8.27. The van der Waals surface area contributed by atoms with Gasteiger partial charge in [0, 0.05) is 5.69 Å². The van der Waals surface area contributed by atoms with Crippen molar-refractivity contribution in [3.8, 4) is 0 Å². The molecule has 1 fully saturated rings. The van der Waals surface area contributed by atoms with Crippen molar-refractivity contribution in [1.82, 2.24) is 0 Å². The SMILES string of the molecule is O=C(O)c1cccc(N2C(=O)/C(=C\c3cccc(NC(=O)c4ccccc4Cl)c3)SC2=S)c1. The minimum atomic E-state index is -1.09. The lowest BCUT2D eigenvalue weighted by Crippen LogP contribution is -2.27. The van der Waals surface area contributed by atoms with E-state index in [4.69, 9.17) is 23.8 Å². The van der Waals surface area contributed by atoms with E-state index in [2.05, 4.69) is 5.32 Å². The molecule has 2 N–H and O–H groups in total. The third-order valence-electron chi connectivity index (χ3n) is 4.71. The number of carboxylic acid groups (broad SMARTS) is 1. The molecule has 0 unspecified atom stereocenters. The van der Waals surface area contributed by atoms with Gasteiger partial charge in [0.05, 0.1) is 26.7 Å². The smallest absolute Gasteiger partial charge is 0.335 e. The number of nitrogens with zero attached hydrogens (tertiary/aromatic N) is 1. The fraction of sp³-hybridized carbons (Fsp3) is 0. The van der Waals surface area contributed by atoms with Crippen LogP contribution < -0.4 is 10.2 Å². The highest BCUT2D eigenvalue weighted by Gasteiger charge is 2.33. The van der Waals surface area contributed by atoms with Gasteiger partial charge in [-0.3, -0.25) is 14.5 Å². The van der Waals surface area contributed by atoms with Crippen molar-refractivity contribution in [3.63, 3.8) is 0 Å². The largest absolute Gasteiger partial charge is 0.478 e. The normalized spacial score (nSPS) is 14.6. The van der Waals surface area contributed by atoms with Crippen LogP contribution in [0.15, 0.2) is 77.7 Å². The number of thioether (sulfide) groups is 1. The first-order valence-electron chi connectivity index (χ1n) is 9.61. The number of halogens is 1. The zero-order valence-electron chi connectivity index (χ0n) is 16.8. The molecule has 9 heteroatoms. The van der Waals surface area contributed by atoms with Crippen molar-refractivity contribution in [2.24, 2.45) is 0 Å². The predicted molar refractivity (Wildman–Crippen MR) is 135 cm³/mol. The standard InChI is InChI=1S/C24H15ClN2O4S2/c25-19-10-2-1-9-18(19)21(28)26-16-7-3-5-14(11-16)12-20-22(29)27(24(32)33-20)17-8-4-6-15(13-17)23(30)31/h1-13H,(H,26,28)(H,30,31)/b20-12+. The number of anilines is 2. The second kappa shape index (κ2) is 9.58. The van der Waals surface area contributed by atoms with E-state index in [-0.39, 0.29) is 17.4 Å². The second-order valence-electron chi connectivity index (χ2n) is 6.93. The molecule has 0 atom stereocenters. The molecule has 0 aromatic heterocycles. The topological polar surface area (TPSA) is 86.7 Å². The van der Waals surface area contributed by atoms with Crippen LogP contribution in [0.4, 0.5) is 11.4 Å². The predicted octanol–water partition coefficient (Wildman–Crippen LogP) is 5.70. The van der Waals surface area contributed by atoms with Crippen LogP contribution in [0.5, 0.6) is 0 Å². The molecular formula is C24H15ClN2O4S2. The number of aromatic carboxylic acids is 1. The summed E-state index contributed by atoms with van der Waals surface area (Å²) in [6.45, 7) is 0. The first-order chi connectivity index (χ1) is 15.8. The summed E-state index contributed by atoms with van der Waals surface area (Å²) >= 11 is 12.6. The zero-order valence-corrected chi connectivity index (χ0v) is 19.2. The molecule has 1 aliphatic rings. The number of nitrogens with one attached hydrogen (secondary N) is 1. The number of carbonyl (C=O) groups excluding carboxylic acids is 2. The van der Waals surface area contributed by atoms with E-state index < -0.39 is 5.97 Å². The van der Waals surface area contributed by atoms with Crippen molar-refractivity contribution in [2.75, 3.05) is 10.2 Å². The third-order valence-corrected chi connectivity index (χ3v) is 6.34. The van der Waals surface area contributed by atoms with Crippen molar-refractivity contribution in [3.05, 3.63) is 99.4 Å². The Labute approximate surface area is 203 Å². The van der Waals surface area contributed by atoms with Crippen LogP contribution in [0, 0.1) is 0 Å². The van der Waals surface area contributed by atoms with Gasteiger partial charge in [0.1, 0.15) is 0 Å². The minimum absolute atomic E-state index is 0.0625. The van der Waals surface area contributed by atoms with Crippen LogP contribution in [0.3, 0.4) is 0 Å². The van der Waals surface area contributed by atoms with Gasteiger partial charge in [0.15, 0.2) is 4.32 Å². The molecule has 3 aromatic carbocycles. The Morgan fingerprint density at radius 1 is 1.03 bits per heavy atom. The highest BCUT2D eigenvalue weighted by Crippen LogP contribution is 2.36. The Kier molecular flexibility index (Phi) is 6.60. The average molecular weight is 495 g/mol. The molecule has 2 amide bonds. The van der Waals surface area contributed by atoms with E-state index in [1.165, 1.54) is 17.0 Å². The monoisotopic (exact) mass is 494 g/mol. The van der Waals surface area contributed by atoms with E-state index in [0.717, 1.165) is 11.8 Å². The molecule has 4 rings (SSSR count). The second-order valence-corrected chi connectivity index (χ2v) is 9.02. The molecular weight excluding hydrogens is 480 g/mol. The maximum absolute atomic E-state index is 13.0. The van der Waals surface area contributed by atoms with Gasteiger partial charge in [0.2, 0.25) is 0 Å². The van der Waals surface area contributed by atoms with Crippen molar-refractivity contribution < 1.29 is 19.5 Å². The highest BCUT2D eigenvalue weighted by atomic mass is 35.5. The van der Waals surface area contributed by atoms with E-state index in [1.54, 1.807) is 66.7 Å². The molecule has 0 saturated carbocycles. The summed E-state index contributed by atoms with van der Waals surface area (Å²) < 4.78 is 0.303. The Morgan fingerprint density at radius 2 is 1.79 bits per heavy atom. The van der Waals surface area contributed by atoms with Gasteiger partial charge < -0.3 is 10.4 Å². The Hall–Kier alpha value is -3.46. The number of carbonyl (C=O) groups is 3. The molecule has 0 spiro atoms. The summed E-state index contributed by atoms with van der Waals surface area (Å²) in [7, 11) is 0. The molecule has 0 bridgehead atoms. The number of amides is 2. The fourth-order valence-electron chi connectivity index (χ4n) is 3.17. The Bertz CT molecular complexity index is 1340. The zero-order chi connectivity index (χ0) is 23.5. The molecule has 33 heavy (non-hydrogen) atoms. The van der Waals surface area contributed by atoms with Crippen LogP contribution >= 0.6 is 35.6 Å². The van der Waals surface area contributed by atoms with Gasteiger partial charge in [-0.25, -0.2) is 4.79 Å². The summed E-state index contributed by atoms with van der Waals surface area (Å²) in [5.41, 5.74) is 2.04.